The summed E-state index contributed by atoms with van der Waals surface area (Å²) < 4.78 is 19.0. The van der Waals surface area contributed by atoms with E-state index in [1.807, 2.05) is 6.92 Å². The van der Waals surface area contributed by atoms with Crippen LogP contribution in [-0.4, -0.2) is 44.0 Å². The monoisotopic (exact) mass is 343 g/mol. The van der Waals surface area contributed by atoms with E-state index in [0.29, 0.717) is 42.3 Å². The Morgan fingerprint density at radius 3 is 3.16 bits per heavy atom. The number of benzene rings is 1. The predicted molar refractivity (Wildman–Crippen MR) is 87.6 cm³/mol. The first-order chi connectivity index (χ1) is 12.2. The van der Waals surface area contributed by atoms with Crippen LogP contribution in [0.1, 0.15) is 47.8 Å². The first-order valence-electron chi connectivity index (χ1n) is 8.40. The van der Waals surface area contributed by atoms with Gasteiger partial charge in [-0.05, 0) is 25.0 Å². The summed E-state index contributed by atoms with van der Waals surface area (Å²) in [5, 5.41) is 4.03. The van der Waals surface area contributed by atoms with Crippen molar-refractivity contribution >= 4 is 16.9 Å². The van der Waals surface area contributed by atoms with Crippen molar-refractivity contribution in [3.8, 4) is 0 Å². The van der Waals surface area contributed by atoms with E-state index in [1.165, 1.54) is 18.5 Å². The van der Waals surface area contributed by atoms with E-state index in [2.05, 4.69) is 20.1 Å². The molecule has 3 heterocycles. The molecular formula is C17H18FN5O2. The van der Waals surface area contributed by atoms with E-state index < -0.39 is 5.82 Å². The predicted octanol–water partition coefficient (Wildman–Crippen LogP) is 2.67. The number of nitrogens with zero attached hydrogens (tertiary/aromatic N) is 4. The Morgan fingerprint density at radius 1 is 1.48 bits per heavy atom. The molecule has 1 aromatic carbocycles. The summed E-state index contributed by atoms with van der Waals surface area (Å²) in [6, 6.07) is 2.59. The van der Waals surface area contributed by atoms with Crippen molar-refractivity contribution in [1.29, 1.82) is 0 Å². The number of halogens is 1. The minimum atomic E-state index is -0.459. The standard InChI is InChI=1S/C17H18FN5O2/c1-2-14-21-16(22-25-14)10-4-3-5-23(8-10)17(24)12-6-11(18)7-13-15(12)20-9-19-13/h6-7,9-10H,2-5,8H2,1H3,(H,19,20)/t10-/m1/s1. The second-order valence-electron chi connectivity index (χ2n) is 6.24. The fourth-order valence-electron chi connectivity index (χ4n) is 3.30. The third kappa shape index (κ3) is 2.88. The zero-order valence-corrected chi connectivity index (χ0v) is 13.8. The maximum absolute atomic E-state index is 13.8. The second-order valence-corrected chi connectivity index (χ2v) is 6.24. The van der Waals surface area contributed by atoms with Crippen LogP contribution in [0.25, 0.3) is 11.0 Å². The van der Waals surface area contributed by atoms with Gasteiger partial charge in [-0.2, -0.15) is 4.98 Å². The number of carbonyl (C=O) groups excluding carboxylic acids is 1. The van der Waals surface area contributed by atoms with E-state index in [9.17, 15) is 9.18 Å². The smallest absolute Gasteiger partial charge is 0.256 e. The molecule has 8 heteroatoms. The Hall–Kier alpha value is -2.77. The first kappa shape index (κ1) is 15.7. The fraction of sp³-hybridized carbons (Fsp3) is 0.412. The van der Waals surface area contributed by atoms with Crippen molar-refractivity contribution in [3.05, 3.63) is 41.6 Å². The zero-order chi connectivity index (χ0) is 17.4. The summed E-state index contributed by atoms with van der Waals surface area (Å²) in [5.74, 6) is 0.588. The number of H-pyrrole nitrogens is 1. The fourth-order valence-corrected chi connectivity index (χ4v) is 3.30. The van der Waals surface area contributed by atoms with Gasteiger partial charge in [-0.15, -0.1) is 0 Å². The third-order valence-electron chi connectivity index (χ3n) is 4.58. The summed E-state index contributed by atoms with van der Waals surface area (Å²) >= 11 is 0. The number of hydrogen-bond donors (Lipinski definition) is 1. The molecule has 0 spiro atoms. The van der Waals surface area contributed by atoms with Crippen molar-refractivity contribution < 1.29 is 13.7 Å². The number of likely N-dealkylation sites (tertiary alicyclic amines) is 1. The molecule has 0 unspecified atom stereocenters. The SMILES string of the molecule is CCc1nc([C@@H]2CCCN(C(=O)c3cc(F)cc4[nH]cnc34)C2)no1. The number of hydrogen-bond acceptors (Lipinski definition) is 5. The number of rotatable bonds is 3. The van der Waals surface area contributed by atoms with Crippen molar-refractivity contribution in [2.45, 2.75) is 32.1 Å². The van der Waals surface area contributed by atoms with Gasteiger partial charge in [0.1, 0.15) is 11.3 Å². The number of amides is 1. The highest BCUT2D eigenvalue weighted by Crippen LogP contribution is 2.27. The van der Waals surface area contributed by atoms with Crippen molar-refractivity contribution in [3.63, 3.8) is 0 Å². The normalized spacial score (nSPS) is 18.0. The van der Waals surface area contributed by atoms with Gasteiger partial charge in [-0.25, -0.2) is 9.37 Å². The minimum absolute atomic E-state index is 0.0324. The molecule has 0 bridgehead atoms. The zero-order valence-electron chi connectivity index (χ0n) is 13.8. The van der Waals surface area contributed by atoms with Crippen LogP contribution in [0.15, 0.2) is 23.0 Å². The summed E-state index contributed by atoms with van der Waals surface area (Å²) in [4.78, 5) is 26.1. The Morgan fingerprint density at radius 2 is 2.36 bits per heavy atom. The van der Waals surface area contributed by atoms with E-state index in [1.54, 1.807) is 4.90 Å². The summed E-state index contributed by atoms with van der Waals surface area (Å²) in [5.41, 5.74) is 1.28. The van der Waals surface area contributed by atoms with Crippen LogP contribution in [0.4, 0.5) is 4.39 Å². The Bertz CT molecular complexity index is 919. The highest BCUT2D eigenvalue weighted by Gasteiger charge is 2.29. The molecule has 1 aliphatic heterocycles. The molecule has 1 saturated heterocycles. The summed E-state index contributed by atoms with van der Waals surface area (Å²) in [6.45, 7) is 3.06. The highest BCUT2D eigenvalue weighted by atomic mass is 19.1. The summed E-state index contributed by atoms with van der Waals surface area (Å²) in [6.07, 6.45) is 3.88. The van der Waals surface area contributed by atoms with Gasteiger partial charge < -0.3 is 14.4 Å². The van der Waals surface area contributed by atoms with Crippen LogP contribution >= 0.6 is 0 Å². The third-order valence-corrected chi connectivity index (χ3v) is 4.58. The van der Waals surface area contributed by atoms with Crippen molar-refractivity contribution in [2.75, 3.05) is 13.1 Å². The number of fused-ring (bicyclic) bond motifs is 1. The maximum Gasteiger partial charge on any atom is 0.256 e. The molecule has 3 aromatic rings. The van der Waals surface area contributed by atoms with Crippen LogP contribution in [0.2, 0.25) is 0 Å². The average Bonchev–Trinajstić information content (AvgIpc) is 3.29. The van der Waals surface area contributed by atoms with Gasteiger partial charge in [0.15, 0.2) is 5.82 Å². The van der Waals surface area contributed by atoms with E-state index in [4.69, 9.17) is 4.52 Å². The number of imidazole rings is 1. The molecule has 4 rings (SSSR count). The lowest BCUT2D eigenvalue weighted by Gasteiger charge is -2.31. The number of aromatic nitrogens is 4. The molecule has 0 aliphatic carbocycles. The quantitative estimate of drug-likeness (QED) is 0.790. The number of aromatic amines is 1. The van der Waals surface area contributed by atoms with Crippen molar-refractivity contribution in [1.82, 2.24) is 25.0 Å². The van der Waals surface area contributed by atoms with E-state index >= 15 is 0 Å². The molecule has 1 fully saturated rings. The molecule has 7 nitrogen and oxygen atoms in total. The molecule has 1 aliphatic rings. The molecule has 0 radical (unpaired) electrons. The van der Waals surface area contributed by atoms with Crippen molar-refractivity contribution in [2.24, 2.45) is 0 Å². The Balaban J connectivity index is 1.60. The lowest BCUT2D eigenvalue weighted by Crippen LogP contribution is -2.39. The largest absolute Gasteiger partial charge is 0.344 e. The lowest BCUT2D eigenvalue weighted by molar-refractivity contribution is 0.0705. The van der Waals surface area contributed by atoms with Gasteiger partial charge in [0.2, 0.25) is 5.89 Å². The maximum atomic E-state index is 13.8. The average molecular weight is 343 g/mol. The number of aryl methyl sites for hydroxylation is 1. The number of carbonyl (C=O) groups is 1. The molecule has 1 N–H and O–H groups in total. The van der Waals surface area contributed by atoms with Crippen LogP contribution in [0.3, 0.4) is 0 Å². The van der Waals surface area contributed by atoms with Gasteiger partial charge in [0.05, 0.1) is 17.4 Å². The molecular weight excluding hydrogens is 325 g/mol. The van der Waals surface area contributed by atoms with Gasteiger partial charge in [-0.3, -0.25) is 4.79 Å². The Kier molecular flexibility index (Phi) is 3.95. The highest BCUT2D eigenvalue weighted by molar-refractivity contribution is 6.04. The minimum Gasteiger partial charge on any atom is -0.344 e. The Labute approximate surface area is 143 Å². The molecule has 1 amide bonds. The molecule has 130 valence electrons. The van der Waals surface area contributed by atoms with Crippen LogP contribution in [0, 0.1) is 5.82 Å². The van der Waals surface area contributed by atoms with Gasteiger partial charge in [0, 0.05) is 25.4 Å². The second kappa shape index (κ2) is 6.27. The first-order valence-corrected chi connectivity index (χ1v) is 8.40. The van der Waals surface area contributed by atoms with Gasteiger partial charge in [-0.1, -0.05) is 12.1 Å². The molecule has 0 saturated carbocycles. The molecule has 2 aromatic heterocycles. The van der Waals surface area contributed by atoms with Crippen LogP contribution in [0.5, 0.6) is 0 Å². The molecule has 1 atom stereocenters. The summed E-state index contributed by atoms with van der Waals surface area (Å²) in [7, 11) is 0. The van der Waals surface area contributed by atoms with Gasteiger partial charge >= 0.3 is 0 Å². The number of nitrogens with one attached hydrogen (secondary N) is 1. The van der Waals surface area contributed by atoms with Crippen LogP contribution in [-0.2, 0) is 6.42 Å². The van der Waals surface area contributed by atoms with Gasteiger partial charge in [0.25, 0.3) is 5.91 Å². The molecule has 25 heavy (non-hydrogen) atoms. The van der Waals surface area contributed by atoms with E-state index in [0.717, 1.165) is 12.8 Å². The van der Waals surface area contributed by atoms with Crippen LogP contribution < -0.4 is 0 Å². The lowest BCUT2D eigenvalue weighted by atomic mass is 9.96. The topological polar surface area (TPSA) is 87.9 Å². The van der Waals surface area contributed by atoms with E-state index in [-0.39, 0.29) is 17.4 Å². The number of piperidine rings is 1.